The summed E-state index contributed by atoms with van der Waals surface area (Å²) in [7, 11) is 0. The van der Waals surface area contributed by atoms with Gasteiger partial charge in [0.2, 0.25) is 0 Å². The number of hydrogen-bond acceptors (Lipinski definition) is 2. The van der Waals surface area contributed by atoms with Gasteiger partial charge in [-0.25, -0.2) is 0 Å². The van der Waals surface area contributed by atoms with Crippen molar-refractivity contribution in [1.29, 1.82) is 0 Å². The van der Waals surface area contributed by atoms with Crippen molar-refractivity contribution in [2.24, 2.45) is 0 Å². The van der Waals surface area contributed by atoms with Crippen molar-refractivity contribution < 1.29 is 4.79 Å². The Bertz CT molecular complexity index is 313. The van der Waals surface area contributed by atoms with Crippen molar-refractivity contribution in [3.63, 3.8) is 0 Å². The number of aldehydes is 1. The molecule has 0 fully saturated rings. The van der Waals surface area contributed by atoms with Gasteiger partial charge in [-0.1, -0.05) is 15.9 Å². The largest absolute Gasteiger partial charge is 0.302 e. The molecule has 1 rings (SSSR count). The summed E-state index contributed by atoms with van der Waals surface area (Å²) in [6, 6.07) is 1.99. The number of carbonyl (C=O) groups excluding carboxylic acids is 1. The molecular weight excluding hydrogens is 230 g/mol. The zero-order valence-electron chi connectivity index (χ0n) is 7.97. The molecule has 2 nitrogen and oxygen atoms in total. The zero-order valence-corrected chi connectivity index (χ0v) is 9.55. The third kappa shape index (κ3) is 2.15. The molecule has 0 saturated carbocycles. The summed E-state index contributed by atoms with van der Waals surface area (Å²) in [5.74, 6) is 0. The van der Waals surface area contributed by atoms with Gasteiger partial charge in [-0.2, -0.15) is 0 Å². The smallest absolute Gasteiger partial charge is 0.138 e. The maximum atomic E-state index is 10.6. The Labute approximate surface area is 86.5 Å². The SMILES string of the molecule is Cc1cc(C)c(C(Br)C=O)c(C)n1. The minimum Gasteiger partial charge on any atom is -0.302 e. The third-order valence-electron chi connectivity index (χ3n) is 1.98. The van der Waals surface area contributed by atoms with E-state index in [1.54, 1.807) is 0 Å². The molecule has 13 heavy (non-hydrogen) atoms. The van der Waals surface area contributed by atoms with Gasteiger partial charge in [0, 0.05) is 11.4 Å². The van der Waals surface area contributed by atoms with E-state index in [0.29, 0.717) is 0 Å². The van der Waals surface area contributed by atoms with E-state index in [9.17, 15) is 4.79 Å². The Morgan fingerprint density at radius 3 is 2.54 bits per heavy atom. The molecule has 0 N–H and O–H groups in total. The highest BCUT2D eigenvalue weighted by molar-refractivity contribution is 9.09. The van der Waals surface area contributed by atoms with E-state index >= 15 is 0 Å². The summed E-state index contributed by atoms with van der Waals surface area (Å²) in [6.45, 7) is 5.87. The molecule has 0 aliphatic heterocycles. The summed E-state index contributed by atoms with van der Waals surface area (Å²) in [5, 5.41) is 0. The van der Waals surface area contributed by atoms with Crippen LogP contribution in [0.4, 0.5) is 0 Å². The molecule has 1 aromatic rings. The normalized spacial score (nSPS) is 12.6. The van der Waals surface area contributed by atoms with Gasteiger partial charge in [0.25, 0.3) is 0 Å². The Balaban J connectivity index is 3.28. The number of alkyl halides is 1. The van der Waals surface area contributed by atoms with Crippen LogP contribution in [0.3, 0.4) is 0 Å². The lowest BCUT2D eigenvalue weighted by molar-refractivity contribution is -0.107. The molecule has 3 heteroatoms. The highest BCUT2D eigenvalue weighted by Gasteiger charge is 2.13. The first kappa shape index (κ1) is 10.4. The summed E-state index contributed by atoms with van der Waals surface area (Å²) >= 11 is 3.30. The molecular formula is C10H12BrNO. The third-order valence-corrected chi connectivity index (χ3v) is 2.65. The van der Waals surface area contributed by atoms with Gasteiger partial charge in [0.05, 0.1) is 4.83 Å². The number of nitrogens with zero attached hydrogens (tertiary/aromatic N) is 1. The molecule has 70 valence electrons. The summed E-state index contributed by atoms with van der Waals surface area (Å²) < 4.78 is 0. The number of aryl methyl sites for hydroxylation is 3. The van der Waals surface area contributed by atoms with Gasteiger partial charge >= 0.3 is 0 Å². The lowest BCUT2D eigenvalue weighted by Gasteiger charge is -2.11. The van der Waals surface area contributed by atoms with Crippen molar-refractivity contribution in [2.45, 2.75) is 25.6 Å². The standard InChI is InChI=1S/C10H12BrNO/c1-6-4-7(2)12-8(3)10(6)9(11)5-13/h4-5,9H,1-3H3. The van der Waals surface area contributed by atoms with Crippen LogP contribution >= 0.6 is 15.9 Å². The van der Waals surface area contributed by atoms with Gasteiger partial charge in [-0.3, -0.25) is 4.98 Å². The van der Waals surface area contributed by atoms with E-state index in [1.165, 1.54) is 0 Å². The Hall–Kier alpha value is -0.700. The fraction of sp³-hybridized carbons (Fsp3) is 0.400. The average Bonchev–Trinajstić information content (AvgIpc) is 2.02. The number of rotatable bonds is 2. The van der Waals surface area contributed by atoms with Crippen molar-refractivity contribution in [2.75, 3.05) is 0 Å². The number of carbonyl (C=O) groups is 1. The number of pyridine rings is 1. The summed E-state index contributed by atoms with van der Waals surface area (Å²) in [5.41, 5.74) is 4.01. The van der Waals surface area contributed by atoms with Crippen LogP contribution in [0.25, 0.3) is 0 Å². The maximum absolute atomic E-state index is 10.6. The summed E-state index contributed by atoms with van der Waals surface area (Å²) in [4.78, 5) is 14.7. The van der Waals surface area contributed by atoms with Gasteiger partial charge < -0.3 is 4.79 Å². The Kier molecular flexibility index (Phi) is 3.20. The lowest BCUT2D eigenvalue weighted by Crippen LogP contribution is -2.01. The molecule has 1 aromatic heterocycles. The van der Waals surface area contributed by atoms with Gasteiger partial charge in [0.1, 0.15) is 6.29 Å². The first-order valence-corrected chi connectivity index (χ1v) is 5.02. The fourth-order valence-corrected chi connectivity index (χ4v) is 2.21. The molecule has 0 saturated heterocycles. The Morgan fingerprint density at radius 1 is 1.46 bits per heavy atom. The second-order valence-corrected chi connectivity index (χ2v) is 4.10. The zero-order chi connectivity index (χ0) is 10.0. The van der Waals surface area contributed by atoms with Crippen LogP contribution in [-0.2, 0) is 4.79 Å². The van der Waals surface area contributed by atoms with Gasteiger partial charge in [0.15, 0.2) is 0 Å². The van der Waals surface area contributed by atoms with E-state index in [4.69, 9.17) is 0 Å². The van der Waals surface area contributed by atoms with Gasteiger partial charge in [-0.15, -0.1) is 0 Å². The second kappa shape index (κ2) is 4.01. The van der Waals surface area contributed by atoms with Crippen LogP contribution in [0, 0.1) is 20.8 Å². The highest BCUT2D eigenvalue weighted by Crippen LogP contribution is 2.26. The number of aromatic nitrogens is 1. The van der Waals surface area contributed by atoms with Crippen molar-refractivity contribution in [3.05, 3.63) is 28.6 Å². The quantitative estimate of drug-likeness (QED) is 0.589. The topological polar surface area (TPSA) is 30.0 Å². The van der Waals surface area contributed by atoms with Gasteiger partial charge in [-0.05, 0) is 38.0 Å². The Morgan fingerprint density at radius 2 is 2.08 bits per heavy atom. The van der Waals surface area contributed by atoms with E-state index in [1.807, 2.05) is 26.8 Å². The van der Waals surface area contributed by atoms with Crippen molar-refractivity contribution >= 4 is 22.2 Å². The monoisotopic (exact) mass is 241 g/mol. The minimum atomic E-state index is -0.236. The predicted octanol–water partition coefficient (Wildman–Crippen LogP) is 2.64. The van der Waals surface area contributed by atoms with E-state index in [2.05, 4.69) is 20.9 Å². The second-order valence-electron chi connectivity index (χ2n) is 3.12. The van der Waals surface area contributed by atoms with E-state index in [0.717, 1.165) is 28.8 Å². The molecule has 0 aromatic carbocycles. The first-order chi connectivity index (χ1) is 6.06. The number of hydrogen-bond donors (Lipinski definition) is 0. The maximum Gasteiger partial charge on any atom is 0.138 e. The van der Waals surface area contributed by atoms with Crippen molar-refractivity contribution in [3.8, 4) is 0 Å². The van der Waals surface area contributed by atoms with Crippen LogP contribution < -0.4 is 0 Å². The molecule has 0 bridgehead atoms. The minimum absolute atomic E-state index is 0.236. The fourth-order valence-electron chi connectivity index (χ4n) is 1.52. The van der Waals surface area contributed by atoms with E-state index in [-0.39, 0.29) is 4.83 Å². The molecule has 1 unspecified atom stereocenters. The van der Waals surface area contributed by atoms with Crippen molar-refractivity contribution in [1.82, 2.24) is 4.98 Å². The summed E-state index contributed by atoms with van der Waals surface area (Å²) in [6.07, 6.45) is 0.881. The first-order valence-electron chi connectivity index (χ1n) is 4.10. The van der Waals surface area contributed by atoms with Crippen LogP contribution in [0.15, 0.2) is 6.07 Å². The molecule has 0 radical (unpaired) electrons. The molecule has 1 heterocycles. The molecule has 0 spiro atoms. The molecule has 0 amide bonds. The van der Waals surface area contributed by atoms with Crippen LogP contribution in [0.2, 0.25) is 0 Å². The molecule has 1 atom stereocenters. The van der Waals surface area contributed by atoms with Crippen LogP contribution in [0.5, 0.6) is 0 Å². The highest BCUT2D eigenvalue weighted by atomic mass is 79.9. The van der Waals surface area contributed by atoms with Crippen LogP contribution in [-0.4, -0.2) is 11.3 Å². The molecule has 0 aliphatic carbocycles. The van der Waals surface area contributed by atoms with Crippen LogP contribution in [0.1, 0.15) is 27.3 Å². The lowest BCUT2D eigenvalue weighted by atomic mass is 10.0. The average molecular weight is 242 g/mol. The number of halogens is 1. The predicted molar refractivity (Wildman–Crippen MR) is 56.2 cm³/mol. The van der Waals surface area contributed by atoms with E-state index < -0.39 is 0 Å². The molecule has 0 aliphatic rings.